The van der Waals surface area contributed by atoms with E-state index in [4.69, 9.17) is 4.42 Å². The Kier molecular flexibility index (Phi) is 5.99. The fourth-order valence-electron chi connectivity index (χ4n) is 4.12. The summed E-state index contributed by atoms with van der Waals surface area (Å²) in [6, 6.07) is 16.8. The number of benzene rings is 3. The van der Waals surface area contributed by atoms with Gasteiger partial charge in [0, 0.05) is 12.1 Å². The second kappa shape index (κ2) is 9.14. The van der Waals surface area contributed by atoms with Crippen molar-refractivity contribution in [1.82, 2.24) is 9.29 Å². The van der Waals surface area contributed by atoms with E-state index < -0.39 is 33.7 Å². The number of imide groups is 1. The molecular formula is C26H20FN3O5S. The predicted molar refractivity (Wildman–Crippen MR) is 131 cm³/mol. The molecule has 5 rings (SSSR count). The lowest BCUT2D eigenvalue weighted by molar-refractivity contribution is -0.122. The maximum Gasteiger partial charge on any atom is 0.252 e. The molecule has 0 aliphatic carbocycles. The third kappa shape index (κ3) is 4.10. The van der Waals surface area contributed by atoms with Crippen LogP contribution in [0.15, 0.2) is 94.8 Å². The number of amides is 2. The molecule has 1 unspecified atom stereocenters. The van der Waals surface area contributed by atoms with E-state index in [0.717, 1.165) is 33.5 Å². The highest BCUT2D eigenvalue weighted by Crippen LogP contribution is 2.31. The number of anilines is 1. The van der Waals surface area contributed by atoms with Gasteiger partial charge in [-0.15, -0.1) is 6.58 Å². The van der Waals surface area contributed by atoms with E-state index in [-0.39, 0.29) is 17.9 Å². The van der Waals surface area contributed by atoms with Crippen LogP contribution in [-0.2, 0) is 19.6 Å². The Bertz CT molecular complexity index is 1550. The van der Waals surface area contributed by atoms with Crippen molar-refractivity contribution in [2.24, 2.45) is 0 Å². The molecule has 1 aliphatic rings. The average Bonchev–Trinajstić information content (AvgIpc) is 3.43. The van der Waals surface area contributed by atoms with Crippen LogP contribution in [0, 0.1) is 5.82 Å². The van der Waals surface area contributed by atoms with Crippen molar-refractivity contribution in [3.8, 4) is 11.5 Å². The lowest BCUT2D eigenvalue weighted by Crippen LogP contribution is -2.45. The molecule has 0 N–H and O–H groups in total. The van der Waals surface area contributed by atoms with E-state index in [1.54, 1.807) is 30.3 Å². The maximum absolute atomic E-state index is 13.3. The summed E-state index contributed by atoms with van der Waals surface area (Å²) in [5.41, 5.74) is 2.28. The normalized spacial score (nSPS) is 16.3. The fourth-order valence-corrected chi connectivity index (χ4v) is 5.68. The Labute approximate surface area is 206 Å². The number of carbonyl (C=O) groups is 2. The standard InChI is InChI=1S/C26H20FN3O5S/c1-2-15-29(36(33,34)20-13-9-18(27)10-14-20)22-16-24(31)30(26(22)32)19-11-7-17(8-12-19)25-28-21-5-3-4-6-23(21)35-25/h2-14,22H,1,15-16H2. The van der Waals surface area contributed by atoms with Crippen molar-refractivity contribution in [3.63, 3.8) is 0 Å². The summed E-state index contributed by atoms with van der Waals surface area (Å²) >= 11 is 0. The van der Waals surface area contributed by atoms with Gasteiger partial charge in [-0.3, -0.25) is 9.59 Å². The molecule has 1 fully saturated rings. The highest BCUT2D eigenvalue weighted by Gasteiger charge is 2.46. The largest absolute Gasteiger partial charge is 0.436 e. The molecular weight excluding hydrogens is 485 g/mol. The van der Waals surface area contributed by atoms with Crippen LogP contribution in [0.1, 0.15) is 6.42 Å². The molecule has 2 heterocycles. The van der Waals surface area contributed by atoms with E-state index in [1.807, 2.05) is 18.2 Å². The minimum atomic E-state index is -4.21. The summed E-state index contributed by atoms with van der Waals surface area (Å²) < 4.78 is 46.5. The molecule has 1 saturated heterocycles. The smallest absolute Gasteiger partial charge is 0.252 e. The van der Waals surface area contributed by atoms with Crippen molar-refractivity contribution in [2.75, 3.05) is 11.4 Å². The summed E-state index contributed by atoms with van der Waals surface area (Å²) in [6.07, 6.45) is 0.997. The molecule has 1 aromatic heterocycles. The number of sulfonamides is 1. The van der Waals surface area contributed by atoms with Gasteiger partial charge in [-0.1, -0.05) is 18.2 Å². The third-order valence-electron chi connectivity index (χ3n) is 5.87. The van der Waals surface area contributed by atoms with Crippen LogP contribution < -0.4 is 4.90 Å². The van der Waals surface area contributed by atoms with Gasteiger partial charge >= 0.3 is 0 Å². The SMILES string of the molecule is C=CCN(C1CC(=O)N(c2ccc(-c3nc4ccccc4o3)cc2)C1=O)S(=O)(=O)c1ccc(F)cc1. The Hall–Kier alpha value is -4.15. The summed E-state index contributed by atoms with van der Waals surface area (Å²) in [4.78, 5) is 31.4. The summed E-state index contributed by atoms with van der Waals surface area (Å²) in [5, 5.41) is 0. The number of fused-ring (bicyclic) bond motifs is 1. The molecule has 2 amide bonds. The van der Waals surface area contributed by atoms with Crippen molar-refractivity contribution >= 4 is 38.6 Å². The van der Waals surface area contributed by atoms with Gasteiger partial charge in [0.05, 0.1) is 17.0 Å². The van der Waals surface area contributed by atoms with Gasteiger partial charge < -0.3 is 4.42 Å². The zero-order valence-electron chi connectivity index (χ0n) is 18.9. The lowest BCUT2D eigenvalue weighted by atomic mass is 10.2. The van der Waals surface area contributed by atoms with Gasteiger partial charge in [-0.25, -0.2) is 22.7 Å². The minimum absolute atomic E-state index is 0.188. The Morgan fingerprint density at radius 3 is 2.42 bits per heavy atom. The number of rotatable bonds is 7. The van der Waals surface area contributed by atoms with E-state index in [9.17, 15) is 22.4 Å². The molecule has 8 nitrogen and oxygen atoms in total. The first kappa shape index (κ1) is 23.6. The molecule has 182 valence electrons. The fraction of sp³-hybridized carbons (Fsp3) is 0.115. The second-order valence-corrected chi connectivity index (χ2v) is 10.0. The molecule has 0 saturated carbocycles. The van der Waals surface area contributed by atoms with Crippen LogP contribution in [0.4, 0.5) is 10.1 Å². The van der Waals surface area contributed by atoms with Crippen LogP contribution in [0.5, 0.6) is 0 Å². The van der Waals surface area contributed by atoms with Crippen molar-refractivity contribution in [2.45, 2.75) is 17.4 Å². The molecule has 0 radical (unpaired) electrons. The molecule has 1 aliphatic heterocycles. The van der Waals surface area contributed by atoms with Gasteiger partial charge in [0.1, 0.15) is 17.4 Å². The van der Waals surface area contributed by atoms with Gasteiger partial charge in [0.15, 0.2) is 5.58 Å². The number of oxazole rings is 1. The van der Waals surface area contributed by atoms with Gasteiger partial charge in [0.2, 0.25) is 21.8 Å². The molecule has 0 spiro atoms. The summed E-state index contributed by atoms with van der Waals surface area (Å²) in [6.45, 7) is 3.38. The first-order valence-corrected chi connectivity index (χ1v) is 12.4. The highest BCUT2D eigenvalue weighted by atomic mass is 32.2. The first-order chi connectivity index (χ1) is 17.3. The highest BCUT2D eigenvalue weighted by molar-refractivity contribution is 7.89. The van der Waals surface area contributed by atoms with Crippen LogP contribution in [0.2, 0.25) is 0 Å². The zero-order valence-corrected chi connectivity index (χ0v) is 19.7. The molecule has 0 bridgehead atoms. The molecule has 3 aromatic carbocycles. The number of halogens is 1. The zero-order chi connectivity index (χ0) is 25.4. The maximum atomic E-state index is 13.3. The van der Waals surface area contributed by atoms with E-state index in [0.29, 0.717) is 28.2 Å². The Morgan fingerprint density at radius 1 is 1.06 bits per heavy atom. The van der Waals surface area contributed by atoms with E-state index in [2.05, 4.69) is 11.6 Å². The first-order valence-electron chi connectivity index (χ1n) is 11.0. The van der Waals surface area contributed by atoms with Crippen molar-refractivity contribution in [3.05, 3.63) is 91.3 Å². The molecule has 4 aromatic rings. The number of hydrogen-bond donors (Lipinski definition) is 0. The Morgan fingerprint density at radius 2 is 1.75 bits per heavy atom. The Balaban J connectivity index is 1.43. The number of aromatic nitrogens is 1. The number of para-hydroxylation sites is 2. The number of nitrogens with zero attached hydrogens (tertiary/aromatic N) is 3. The van der Waals surface area contributed by atoms with Crippen LogP contribution in [-0.4, -0.2) is 42.1 Å². The van der Waals surface area contributed by atoms with Crippen LogP contribution in [0.3, 0.4) is 0 Å². The summed E-state index contributed by atoms with van der Waals surface area (Å²) in [7, 11) is -4.21. The number of hydrogen-bond acceptors (Lipinski definition) is 6. The van der Waals surface area contributed by atoms with E-state index in [1.165, 1.54) is 6.08 Å². The molecule has 36 heavy (non-hydrogen) atoms. The van der Waals surface area contributed by atoms with Crippen LogP contribution >= 0.6 is 0 Å². The third-order valence-corrected chi connectivity index (χ3v) is 7.75. The average molecular weight is 506 g/mol. The van der Waals surface area contributed by atoms with Gasteiger partial charge in [-0.05, 0) is 60.7 Å². The second-order valence-electron chi connectivity index (χ2n) is 8.14. The minimum Gasteiger partial charge on any atom is -0.436 e. The summed E-state index contributed by atoms with van der Waals surface area (Å²) in [5.74, 6) is -1.42. The topological polar surface area (TPSA) is 101 Å². The van der Waals surface area contributed by atoms with E-state index >= 15 is 0 Å². The quantitative estimate of drug-likeness (QED) is 0.276. The van der Waals surface area contributed by atoms with Crippen LogP contribution in [0.25, 0.3) is 22.6 Å². The predicted octanol–water partition coefficient (Wildman–Crippen LogP) is 4.14. The van der Waals surface area contributed by atoms with Gasteiger partial charge in [-0.2, -0.15) is 4.31 Å². The van der Waals surface area contributed by atoms with Gasteiger partial charge in [0.25, 0.3) is 5.91 Å². The lowest BCUT2D eigenvalue weighted by Gasteiger charge is -2.25. The number of carbonyl (C=O) groups excluding carboxylic acids is 2. The monoisotopic (exact) mass is 505 g/mol. The van der Waals surface area contributed by atoms with Crippen molar-refractivity contribution in [1.29, 1.82) is 0 Å². The van der Waals surface area contributed by atoms with Crippen molar-refractivity contribution < 1.29 is 26.8 Å². The molecule has 1 atom stereocenters. The molecule has 10 heteroatoms.